The SMILES string of the molecule is Cc1c(Nc2ncc(C(F)(F)F)c(C3CC3)n2)cnn1C1CCNC1=O. The summed E-state index contributed by atoms with van der Waals surface area (Å²) in [6.45, 7) is 2.38. The standard InChI is InChI=1S/C16H17F3N6O/c1-8-11(7-22-25(8)12-4-5-20-14(12)26)23-15-21-6-10(16(17,18)19)13(24-15)9-2-3-9/h6-7,9,12H,2-5H2,1H3,(H,20,26)(H,21,23,24). The second kappa shape index (κ2) is 5.96. The first-order chi connectivity index (χ1) is 12.3. The van der Waals surface area contributed by atoms with Gasteiger partial charge in [-0.05, 0) is 26.2 Å². The summed E-state index contributed by atoms with van der Waals surface area (Å²) in [6.07, 6.45) is -0.0665. The van der Waals surface area contributed by atoms with Gasteiger partial charge in [0.15, 0.2) is 0 Å². The molecule has 10 heteroatoms. The molecule has 1 aliphatic carbocycles. The Morgan fingerprint density at radius 2 is 2.04 bits per heavy atom. The van der Waals surface area contributed by atoms with Gasteiger partial charge in [-0.15, -0.1) is 0 Å². The molecule has 2 N–H and O–H groups in total. The van der Waals surface area contributed by atoms with E-state index in [-0.39, 0.29) is 29.5 Å². The van der Waals surface area contributed by atoms with E-state index in [1.807, 2.05) is 0 Å². The minimum absolute atomic E-state index is 0.0372. The zero-order valence-electron chi connectivity index (χ0n) is 14.0. The van der Waals surface area contributed by atoms with Gasteiger partial charge < -0.3 is 10.6 Å². The Hall–Kier alpha value is -2.65. The van der Waals surface area contributed by atoms with Crippen molar-refractivity contribution in [2.75, 3.05) is 11.9 Å². The van der Waals surface area contributed by atoms with Crippen molar-refractivity contribution in [3.8, 4) is 0 Å². The minimum Gasteiger partial charge on any atom is -0.354 e. The molecule has 0 aromatic carbocycles. The second-order valence-corrected chi connectivity index (χ2v) is 6.57. The van der Waals surface area contributed by atoms with E-state index < -0.39 is 11.7 Å². The average molecular weight is 366 g/mol. The number of nitrogens with zero attached hydrogens (tertiary/aromatic N) is 4. The van der Waals surface area contributed by atoms with Crippen LogP contribution in [0.3, 0.4) is 0 Å². The monoisotopic (exact) mass is 366 g/mol. The number of amides is 1. The van der Waals surface area contributed by atoms with E-state index in [1.54, 1.807) is 11.6 Å². The lowest BCUT2D eigenvalue weighted by molar-refractivity contribution is -0.138. The van der Waals surface area contributed by atoms with Crippen LogP contribution in [-0.2, 0) is 11.0 Å². The summed E-state index contributed by atoms with van der Waals surface area (Å²) in [7, 11) is 0. The van der Waals surface area contributed by atoms with Crippen LogP contribution in [0.15, 0.2) is 12.4 Å². The fourth-order valence-corrected chi connectivity index (χ4v) is 3.14. The van der Waals surface area contributed by atoms with E-state index in [0.717, 1.165) is 6.20 Å². The van der Waals surface area contributed by atoms with Crippen molar-refractivity contribution < 1.29 is 18.0 Å². The number of carbonyl (C=O) groups excluding carboxylic acids is 1. The molecule has 0 bridgehead atoms. The van der Waals surface area contributed by atoms with Gasteiger partial charge in [0.2, 0.25) is 11.9 Å². The normalized spacial score (nSPS) is 20.3. The maximum absolute atomic E-state index is 13.1. The van der Waals surface area contributed by atoms with Gasteiger partial charge >= 0.3 is 6.18 Å². The van der Waals surface area contributed by atoms with Gasteiger partial charge in [-0.25, -0.2) is 9.97 Å². The van der Waals surface area contributed by atoms with Crippen molar-refractivity contribution in [3.05, 3.63) is 29.3 Å². The van der Waals surface area contributed by atoms with E-state index in [2.05, 4.69) is 25.7 Å². The predicted octanol–water partition coefficient (Wildman–Crippen LogP) is 2.68. The maximum atomic E-state index is 13.1. The number of alkyl halides is 3. The van der Waals surface area contributed by atoms with Gasteiger partial charge in [0.1, 0.15) is 6.04 Å². The van der Waals surface area contributed by atoms with Gasteiger partial charge in [0.25, 0.3) is 0 Å². The van der Waals surface area contributed by atoms with Crippen molar-refractivity contribution >= 4 is 17.5 Å². The largest absolute Gasteiger partial charge is 0.419 e. The average Bonchev–Trinajstić information content (AvgIpc) is 3.26. The third kappa shape index (κ3) is 2.99. The quantitative estimate of drug-likeness (QED) is 0.869. The molecular formula is C16H17F3N6O. The summed E-state index contributed by atoms with van der Waals surface area (Å²) in [5.41, 5.74) is 0.519. The number of aromatic nitrogens is 4. The molecule has 2 aliphatic rings. The lowest BCUT2D eigenvalue weighted by Gasteiger charge is -2.13. The summed E-state index contributed by atoms with van der Waals surface area (Å²) in [6, 6.07) is -0.374. The summed E-state index contributed by atoms with van der Waals surface area (Å²) >= 11 is 0. The Morgan fingerprint density at radius 3 is 2.65 bits per heavy atom. The summed E-state index contributed by atoms with van der Waals surface area (Å²) in [5.74, 6) is -0.163. The molecular weight excluding hydrogens is 349 g/mol. The highest BCUT2D eigenvalue weighted by Gasteiger charge is 2.40. The zero-order valence-corrected chi connectivity index (χ0v) is 14.0. The highest BCUT2D eigenvalue weighted by molar-refractivity contribution is 5.82. The predicted molar refractivity (Wildman–Crippen MR) is 85.9 cm³/mol. The molecule has 1 saturated heterocycles. The molecule has 0 spiro atoms. The number of halogens is 3. The molecule has 2 aromatic heterocycles. The van der Waals surface area contributed by atoms with E-state index in [0.29, 0.717) is 37.2 Å². The summed E-state index contributed by atoms with van der Waals surface area (Å²) in [4.78, 5) is 19.7. The first kappa shape index (κ1) is 16.8. The molecule has 1 amide bonds. The van der Waals surface area contributed by atoms with Crippen LogP contribution in [0.25, 0.3) is 0 Å². The van der Waals surface area contributed by atoms with Crippen molar-refractivity contribution in [3.63, 3.8) is 0 Å². The van der Waals surface area contributed by atoms with Crippen LogP contribution in [-0.4, -0.2) is 32.2 Å². The third-order valence-electron chi connectivity index (χ3n) is 4.69. The molecule has 26 heavy (non-hydrogen) atoms. The maximum Gasteiger partial charge on any atom is 0.419 e. The Labute approximate surface area is 147 Å². The Morgan fingerprint density at radius 1 is 1.27 bits per heavy atom. The number of hydrogen-bond donors (Lipinski definition) is 2. The molecule has 1 atom stereocenters. The van der Waals surface area contributed by atoms with Crippen LogP contribution >= 0.6 is 0 Å². The number of nitrogens with one attached hydrogen (secondary N) is 2. The molecule has 2 fully saturated rings. The molecule has 1 aliphatic heterocycles. The molecule has 1 saturated carbocycles. The minimum atomic E-state index is -4.47. The smallest absolute Gasteiger partial charge is 0.354 e. The number of hydrogen-bond acceptors (Lipinski definition) is 5. The topological polar surface area (TPSA) is 84.7 Å². The van der Waals surface area contributed by atoms with E-state index in [9.17, 15) is 18.0 Å². The Balaban J connectivity index is 1.61. The molecule has 2 aromatic rings. The highest BCUT2D eigenvalue weighted by atomic mass is 19.4. The molecule has 7 nitrogen and oxygen atoms in total. The van der Waals surface area contributed by atoms with Gasteiger partial charge in [0, 0.05) is 18.7 Å². The second-order valence-electron chi connectivity index (χ2n) is 6.57. The van der Waals surface area contributed by atoms with Crippen LogP contribution in [0, 0.1) is 6.92 Å². The van der Waals surface area contributed by atoms with Gasteiger partial charge in [-0.1, -0.05) is 0 Å². The first-order valence-electron chi connectivity index (χ1n) is 8.37. The van der Waals surface area contributed by atoms with Gasteiger partial charge in [-0.2, -0.15) is 18.3 Å². The number of anilines is 2. The van der Waals surface area contributed by atoms with Crippen molar-refractivity contribution in [2.24, 2.45) is 0 Å². The fourth-order valence-electron chi connectivity index (χ4n) is 3.14. The van der Waals surface area contributed by atoms with E-state index >= 15 is 0 Å². The van der Waals surface area contributed by atoms with Crippen LogP contribution in [0.4, 0.5) is 24.8 Å². The molecule has 3 heterocycles. The molecule has 0 radical (unpaired) electrons. The van der Waals surface area contributed by atoms with Gasteiger partial charge in [0.05, 0.1) is 28.8 Å². The van der Waals surface area contributed by atoms with E-state index in [4.69, 9.17) is 0 Å². The fraction of sp³-hybridized carbons (Fsp3) is 0.500. The molecule has 1 unspecified atom stereocenters. The van der Waals surface area contributed by atoms with Crippen LogP contribution in [0.5, 0.6) is 0 Å². The lowest BCUT2D eigenvalue weighted by atomic mass is 10.1. The highest BCUT2D eigenvalue weighted by Crippen LogP contribution is 2.45. The Kier molecular flexibility index (Phi) is 3.85. The summed E-state index contributed by atoms with van der Waals surface area (Å²) in [5, 5.41) is 9.91. The van der Waals surface area contributed by atoms with Gasteiger partial charge in [-0.3, -0.25) is 9.48 Å². The lowest BCUT2D eigenvalue weighted by Crippen LogP contribution is -2.23. The van der Waals surface area contributed by atoms with Crippen molar-refractivity contribution in [1.82, 2.24) is 25.1 Å². The number of rotatable bonds is 4. The zero-order chi connectivity index (χ0) is 18.5. The molecule has 4 rings (SSSR count). The van der Waals surface area contributed by atoms with Crippen molar-refractivity contribution in [2.45, 2.75) is 44.3 Å². The van der Waals surface area contributed by atoms with E-state index in [1.165, 1.54) is 6.20 Å². The van der Waals surface area contributed by atoms with Crippen LogP contribution in [0.1, 0.15) is 48.2 Å². The molecule has 138 valence electrons. The van der Waals surface area contributed by atoms with Crippen LogP contribution < -0.4 is 10.6 Å². The first-order valence-corrected chi connectivity index (χ1v) is 8.37. The van der Waals surface area contributed by atoms with Crippen molar-refractivity contribution in [1.29, 1.82) is 0 Å². The number of carbonyl (C=O) groups is 1. The Bertz CT molecular complexity index is 858. The third-order valence-corrected chi connectivity index (χ3v) is 4.69. The van der Waals surface area contributed by atoms with Crippen LogP contribution in [0.2, 0.25) is 0 Å². The summed E-state index contributed by atoms with van der Waals surface area (Å²) < 4.78 is 41.0.